The number of carbonyl (C=O) groups excluding carboxylic acids is 1. The van der Waals surface area contributed by atoms with Crippen LogP contribution in [-0.4, -0.2) is 26.4 Å². The molecule has 1 aromatic heterocycles. The number of methoxy groups -OCH3 is 1. The molecule has 2 aliphatic rings. The highest BCUT2D eigenvalue weighted by Gasteiger charge is 2.34. The SMILES string of the molecule is COc1ccc(-c2ccc(C3CC3)nc2)c2c1CCCC2C(=O)NS(=O)(=O)c1cccc2ccccc12. The molecule has 6 nitrogen and oxygen atoms in total. The second-order valence-electron chi connectivity index (χ2n) is 9.85. The zero-order chi connectivity index (χ0) is 25.6. The van der Waals surface area contributed by atoms with Crippen molar-refractivity contribution in [1.82, 2.24) is 9.71 Å². The molecule has 1 atom stereocenters. The topological polar surface area (TPSA) is 85.4 Å². The highest BCUT2D eigenvalue weighted by molar-refractivity contribution is 7.90. The summed E-state index contributed by atoms with van der Waals surface area (Å²) >= 11 is 0. The second-order valence-corrected chi connectivity index (χ2v) is 11.5. The van der Waals surface area contributed by atoms with Crippen LogP contribution < -0.4 is 9.46 Å². The summed E-state index contributed by atoms with van der Waals surface area (Å²) in [7, 11) is -2.46. The Morgan fingerprint density at radius 2 is 1.78 bits per heavy atom. The number of sulfonamides is 1. The van der Waals surface area contributed by atoms with Gasteiger partial charge < -0.3 is 4.74 Å². The van der Waals surface area contributed by atoms with Crippen molar-refractivity contribution in [1.29, 1.82) is 0 Å². The lowest BCUT2D eigenvalue weighted by atomic mass is 9.78. The van der Waals surface area contributed by atoms with Gasteiger partial charge in [-0.25, -0.2) is 13.1 Å². The van der Waals surface area contributed by atoms with Gasteiger partial charge in [0.05, 0.1) is 17.9 Å². The van der Waals surface area contributed by atoms with E-state index in [4.69, 9.17) is 4.74 Å². The first-order chi connectivity index (χ1) is 18.0. The summed E-state index contributed by atoms with van der Waals surface area (Å²) in [4.78, 5) is 18.5. The third kappa shape index (κ3) is 4.37. The number of fused-ring (bicyclic) bond motifs is 2. The predicted octanol–water partition coefficient (Wildman–Crippen LogP) is 5.71. The lowest BCUT2D eigenvalue weighted by Gasteiger charge is -2.29. The number of carbonyl (C=O) groups is 1. The first-order valence-electron chi connectivity index (χ1n) is 12.7. The molecule has 1 fully saturated rings. The molecular weight excluding hydrogens is 484 g/mol. The van der Waals surface area contributed by atoms with Crippen molar-refractivity contribution >= 4 is 26.7 Å². The summed E-state index contributed by atoms with van der Waals surface area (Å²) in [5.74, 6) is 0.125. The highest BCUT2D eigenvalue weighted by Crippen LogP contribution is 2.44. The van der Waals surface area contributed by atoms with E-state index >= 15 is 0 Å². The van der Waals surface area contributed by atoms with E-state index in [0.29, 0.717) is 17.7 Å². The van der Waals surface area contributed by atoms with Crippen LogP contribution in [0.4, 0.5) is 0 Å². The van der Waals surface area contributed by atoms with Crippen LogP contribution in [0.5, 0.6) is 5.75 Å². The first-order valence-corrected chi connectivity index (χ1v) is 14.1. The van der Waals surface area contributed by atoms with Crippen LogP contribution in [-0.2, 0) is 21.2 Å². The van der Waals surface area contributed by atoms with Gasteiger partial charge in [-0.2, -0.15) is 0 Å². The number of hydrogen-bond donors (Lipinski definition) is 1. The van der Waals surface area contributed by atoms with E-state index < -0.39 is 21.8 Å². The Labute approximate surface area is 216 Å². The maximum Gasteiger partial charge on any atom is 0.264 e. The summed E-state index contributed by atoms with van der Waals surface area (Å²) in [5, 5.41) is 1.38. The van der Waals surface area contributed by atoms with Gasteiger partial charge >= 0.3 is 0 Å². The van der Waals surface area contributed by atoms with Crippen molar-refractivity contribution in [3.63, 3.8) is 0 Å². The molecule has 3 aromatic carbocycles. The zero-order valence-electron chi connectivity index (χ0n) is 20.6. The van der Waals surface area contributed by atoms with Crippen LogP contribution in [0.15, 0.2) is 77.8 Å². The van der Waals surface area contributed by atoms with Crippen LogP contribution >= 0.6 is 0 Å². The fourth-order valence-corrected chi connectivity index (χ4v) is 6.76. The number of ether oxygens (including phenoxy) is 1. The lowest BCUT2D eigenvalue weighted by molar-refractivity contribution is -0.121. The summed E-state index contributed by atoms with van der Waals surface area (Å²) in [6.45, 7) is 0. The van der Waals surface area contributed by atoms with Gasteiger partial charge in [0, 0.05) is 28.8 Å². The van der Waals surface area contributed by atoms with E-state index in [0.717, 1.165) is 51.9 Å². The lowest BCUT2D eigenvalue weighted by Crippen LogP contribution is -2.36. The molecule has 6 rings (SSSR count). The van der Waals surface area contributed by atoms with Crippen LogP contribution in [0.3, 0.4) is 0 Å². The van der Waals surface area contributed by atoms with E-state index in [2.05, 4.69) is 21.8 Å². The Morgan fingerprint density at radius 3 is 2.54 bits per heavy atom. The summed E-state index contributed by atoms with van der Waals surface area (Å²) in [6, 6.07) is 20.3. The number of amides is 1. The Kier molecular flexibility index (Phi) is 5.95. The molecule has 188 valence electrons. The molecule has 0 aliphatic heterocycles. The Hall–Kier alpha value is -3.71. The summed E-state index contributed by atoms with van der Waals surface area (Å²) < 4.78 is 34.9. The Morgan fingerprint density at radius 1 is 0.973 bits per heavy atom. The van der Waals surface area contributed by atoms with Crippen molar-refractivity contribution in [2.45, 2.75) is 48.8 Å². The van der Waals surface area contributed by atoms with E-state index in [1.54, 1.807) is 25.3 Å². The van der Waals surface area contributed by atoms with Gasteiger partial charge in [-0.3, -0.25) is 9.78 Å². The number of benzene rings is 3. The number of nitrogens with zero attached hydrogens (tertiary/aromatic N) is 1. The van der Waals surface area contributed by atoms with Gasteiger partial charge in [0.1, 0.15) is 5.75 Å². The molecule has 1 amide bonds. The van der Waals surface area contributed by atoms with Crippen molar-refractivity contribution in [3.8, 4) is 16.9 Å². The van der Waals surface area contributed by atoms with Gasteiger partial charge in [-0.1, -0.05) is 48.5 Å². The number of hydrogen-bond acceptors (Lipinski definition) is 5. The molecule has 1 N–H and O–H groups in total. The van der Waals surface area contributed by atoms with E-state index in [1.807, 2.05) is 36.5 Å². The fraction of sp³-hybridized carbons (Fsp3) is 0.267. The Bertz CT molecular complexity index is 1600. The largest absolute Gasteiger partial charge is 0.496 e. The molecule has 7 heteroatoms. The molecule has 37 heavy (non-hydrogen) atoms. The average molecular weight is 513 g/mol. The van der Waals surface area contributed by atoms with Gasteiger partial charge in [0.15, 0.2) is 0 Å². The summed E-state index contributed by atoms with van der Waals surface area (Å²) in [5.41, 5.74) is 4.70. The average Bonchev–Trinajstić information content (AvgIpc) is 3.77. The van der Waals surface area contributed by atoms with E-state index in [9.17, 15) is 13.2 Å². The van der Waals surface area contributed by atoms with Crippen LogP contribution in [0.1, 0.15) is 54.3 Å². The first kappa shape index (κ1) is 23.7. The van der Waals surface area contributed by atoms with E-state index in [1.165, 1.54) is 18.9 Å². The number of rotatable bonds is 6. The normalized spacial score (nSPS) is 17.3. The van der Waals surface area contributed by atoms with Crippen LogP contribution in [0, 0.1) is 0 Å². The van der Waals surface area contributed by atoms with Gasteiger partial charge in [0.25, 0.3) is 10.0 Å². The fourth-order valence-electron chi connectivity index (χ4n) is 5.51. The van der Waals surface area contributed by atoms with Gasteiger partial charge in [-0.05, 0) is 72.4 Å². The number of aromatic nitrogens is 1. The highest BCUT2D eigenvalue weighted by atomic mass is 32.2. The van der Waals surface area contributed by atoms with Gasteiger partial charge in [-0.15, -0.1) is 0 Å². The number of nitrogens with one attached hydrogen (secondary N) is 1. The van der Waals surface area contributed by atoms with Gasteiger partial charge in [0.2, 0.25) is 5.91 Å². The monoisotopic (exact) mass is 512 g/mol. The van der Waals surface area contributed by atoms with Crippen molar-refractivity contribution in [2.24, 2.45) is 0 Å². The molecule has 0 saturated heterocycles. The molecule has 1 heterocycles. The molecule has 0 spiro atoms. The van der Waals surface area contributed by atoms with E-state index in [-0.39, 0.29) is 4.90 Å². The smallest absolute Gasteiger partial charge is 0.264 e. The maximum atomic E-state index is 13.7. The molecule has 1 saturated carbocycles. The minimum absolute atomic E-state index is 0.0979. The van der Waals surface area contributed by atoms with Crippen molar-refractivity contribution < 1.29 is 17.9 Å². The molecule has 4 aromatic rings. The molecule has 0 radical (unpaired) electrons. The standard InChI is InChI=1S/C30H28N2O4S/c1-36-27-17-15-23(21-14-16-26(31-18-21)20-12-13-20)29-24(27)9-5-10-25(29)30(33)32-37(34,35)28-11-4-7-19-6-2-3-8-22(19)28/h2-4,6-8,11,14-18,20,25H,5,9-10,12-13H2,1H3,(H,32,33). The summed E-state index contributed by atoms with van der Waals surface area (Å²) in [6.07, 6.45) is 6.30. The predicted molar refractivity (Wildman–Crippen MR) is 143 cm³/mol. The molecular formula is C30H28N2O4S. The molecule has 2 aliphatic carbocycles. The molecule has 1 unspecified atom stereocenters. The van der Waals surface area contributed by atoms with Crippen LogP contribution in [0.2, 0.25) is 0 Å². The second kappa shape index (κ2) is 9.30. The minimum Gasteiger partial charge on any atom is -0.496 e. The Balaban J connectivity index is 1.39. The maximum absolute atomic E-state index is 13.7. The molecule has 0 bridgehead atoms. The van der Waals surface area contributed by atoms with Crippen molar-refractivity contribution in [3.05, 3.63) is 89.7 Å². The quantitative estimate of drug-likeness (QED) is 0.358. The van der Waals surface area contributed by atoms with Crippen LogP contribution in [0.25, 0.3) is 21.9 Å². The zero-order valence-corrected chi connectivity index (χ0v) is 21.4. The third-order valence-corrected chi connectivity index (χ3v) is 8.89. The number of pyridine rings is 1. The van der Waals surface area contributed by atoms with Crippen molar-refractivity contribution in [2.75, 3.05) is 7.11 Å². The third-order valence-electron chi connectivity index (χ3n) is 7.49. The minimum atomic E-state index is -4.08.